The number of esters is 1. The first-order valence-electron chi connectivity index (χ1n) is 6.15. The van der Waals surface area contributed by atoms with Crippen molar-refractivity contribution in [1.82, 2.24) is 9.88 Å². The SMILES string of the molecule is CCOC(=O)c1coc(SCC(=O)N(CC)CC)n1. The lowest BCUT2D eigenvalue weighted by atomic mass is 10.5. The molecule has 0 aliphatic heterocycles. The molecule has 0 fully saturated rings. The Morgan fingerprint density at radius 2 is 2.05 bits per heavy atom. The van der Waals surface area contributed by atoms with Crippen molar-refractivity contribution >= 4 is 23.6 Å². The van der Waals surface area contributed by atoms with Gasteiger partial charge in [-0.15, -0.1) is 0 Å². The predicted octanol–water partition coefficient (Wildman–Crippen LogP) is 1.81. The van der Waals surface area contributed by atoms with Gasteiger partial charge in [0, 0.05) is 13.1 Å². The van der Waals surface area contributed by atoms with Gasteiger partial charge in [0.15, 0.2) is 5.69 Å². The van der Waals surface area contributed by atoms with Gasteiger partial charge in [-0.25, -0.2) is 4.79 Å². The quantitative estimate of drug-likeness (QED) is 0.562. The van der Waals surface area contributed by atoms with Crippen LogP contribution in [0.3, 0.4) is 0 Å². The Labute approximate surface area is 116 Å². The zero-order valence-corrected chi connectivity index (χ0v) is 12.2. The Morgan fingerprint density at radius 3 is 2.63 bits per heavy atom. The summed E-state index contributed by atoms with van der Waals surface area (Å²) in [5.41, 5.74) is 0.125. The molecule has 1 aromatic heterocycles. The highest BCUT2D eigenvalue weighted by Crippen LogP contribution is 2.18. The Morgan fingerprint density at radius 1 is 1.37 bits per heavy atom. The summed E-state index contributed by atoms with van der Waals surface area (Å²) in [5, 5.41) is 0.295. The topological polar surface area (TPSA) is 72.6 Å². The molecule has 0 aliphatic carbocycles. The number of thioether (sulfide) groups is 1. The van der Waals surface area contributed by atoms with Crippen LogP contribution in [0.25, 0.3) is 0 Å². The van der Waals surface area contributed by atoms with Gasteiger partial charge in [0.2, 0.25) is 5.91 Å². The molecule has 0 unspecified atom stereocenters. The van der Waals surface area contributed by atoms with Crippen LogP contribution in [0, 0.1) is 0 Å². The maximum Gasteiger partial charge on any atom is 0.360 e. The van der Waals surface area contributed by atoms with Crippen molar-refractivity contribution in [2.75, 3.05) is 25.4 Å². The Balaban J connectivity index is 2.50. The average molecular weight is 286 g/mol. The second-order valence-corrected chi connectivity index (χ2v) is 4.50. The van der Waals surface area contributed by atoms with Crippen molar-refractivity contribution in [3.05, 3.63) is 12.0 Å². The molecule has 1 amide bonds. The monoisotopic (exact) mass is 286 g/mol. The highest BCUT2D eigenvalue weighted by Gasteiger charge is 2.16. The van der Waals surface area contributed by atoms with E-state index in [0.717, 1.165) is 0 Å². The maximum atomic E-state index is 11.8. The van der Waals surface area contributed by atoms with Crippen LogP contribution < -0.4 is 0 Å². The first-order valence-corrected chi connectivity index (χ1v) is 7.14. The number of nitrogens with zero attached hydrogens (tertiary/aromatic N) is 2. The van der Waals surface area contributed by atoms with E-state index in [4.69, 9.17) is 9.15 Å². The van der Waals surface area contributed by atoms with Crippen LogP contribution in [0.15, 0.2) is 15.9 Å². The zero-order chi connectivity index (χ0) is 14.3. The van der Waals surface area contributed by atoms with Crippen molar-refractivity contribution in [2.24, 2.45) is 0 Å². The molecule has 0 N–H and O–H groups in total. The molecule has 7 heteroatoms. The van der Waals surface area contributed by atoms with Crippen molar-refractivity contribution in [3.8, 4) is 0 Å². The van der Waals surface area contributed by atoms with Crippen molar-refractivity contribution in [3.63, 3.8) is 0 Å². The number of carbonyl (C=O) groups excluding carboxylic acids is 2. The largest absolute Gasteiger partial charge is 0.461 e. The third-order valence-electron chi connectivity index (χ3n) is 2.40. The summed E-state index contributed by atoms with van der Waals surface area (Å²) in [6.45, 7) is 7.21. The summed E-state index contributed by atoms with van der Waals surface area (Å²) < 4.78 is 9.90. The summed E-state index contributed by atoms with van der Waals surface area (Å²) in [6.07, 6.45) is 1.24. The zero-order valence-electron chi connectivity index (χ0n) is 11.3. The van der Waals surface area contributed by atoms with Crippen LogP contribution in [0.4, 0.5) is 0 Å². The van der Waals surface area contributed by atoms with Gasteiger partial charge >= 0.3 is 5.97 Å². The molecule has 1 rings (SSSR count). The fourth-order valence-electron chi connectivity index (χ4n) is 1.41. The Kier molecular flexibility index (Phi) is 6.41. The van der Waals surface area contributed by atoms with Crippen LogP contribution in [-0.2, 0) is 9.53 Å². The molecule has 19 heavy (non-hydrogen) atoms. The van der Waals surface area contributed by atoms with E-state index in [1.807, 2.05) is 13.8 Å². The molecule has 1 aromatic rings. The van der Waals surface area contributed by atoms with E-state index in [1.165, 1.54) is 18.0 Å². The van der Waals surface area contributed by atoms with E-state index in [2.05, 4.69) is 4.98 Å². The molecule has 0 saturated carbocycles. The molecule has 0 radical (unpaired) electrons. The van der Waals surface area contributed by atoms with Crippen LogP contribution in [0.1, 0.15) is 31.3 Å². The standard InChI is InChI=1S/C12H18N2O4S/c1-4-14(5-2)10(15)8-19-12-13-9(7-18-12)11(16)17-6-3/h7H,4-6,8H2,1-3H3. The van der Waals surface area contributed by atoms with Gasteiger partial charge in [-0.05, 0) is 20.8 Å². The van der Waals surface area contributed by atoms with Crippen molar-refractivity contribution < 1.29 is 18.7 Å². The molecule has 6 nitrogen and oxygen atoms in total. The van der Waals surface area contributed by atoms with Crippen LogP contribution in [0.2, 0.25) is 0 Å². The second-order valence-electron chi connectivity index (χ2n) is 3.57. The highest BCUT2D eigenvalue weighted by molar-refractivity contribution is 7.99. The van der Waals surface area contributed by atoms with Gasteiger partial charge in [0.1, 0.15) is 6.26 Å². The lowest BCUT2D eigenvalue weighted by Gasteiger charge is -2.17. The summed E-state index contributed by atoms with van der Waals surface area (Å²) in [6, 6.07) is 0. The van der Waals surface area contributed by atoms with Gasteiger partial charge in [0.25, 0.3) is 5.22 Å². The smallest absolute Gasteiger partial charge is 0.360 e. The van der Waals surface area contributed by atoms with E-state index in [0.29, 0.717) is 18.3 Å². The lowest BCUT2D eigenvalue weighted by Crippen LogP contribution is -2.31. The van der Waals surface area contributed by atoms with E-state index in [-0.39, 0.29) is 24.0 Å². The fraction of sp³-hybridized carbons (Fsp3) is 0.583. The minimum absolute atomic E-state index is 0.0193. The number of oxazole rings is 1. The van der Waals surface area contributed by atoms with Gasteiger partial charge < -0.3 is 14.1 Å². The number of carbonyl (C=O) groups is 2. The molecule has 106 valence electrons. The Hall–Kier alpha value is -1.50. The number of hydrogen-bond donors (Lipinski definition) is 0. The van der Waals surface area contributed by atoms with Crippen LogP contribution in [-0.4, -0.2) is 47.2 Å². The van der Waals surface area contributed by atoms with Gasteiger partial charge in [-0.2, -0.15) is 4.98 Å². The molecule has 0 aromatic carbocycles. The predicted molar refractivity (Wildman–Crippen MR) is 71.1 cm³/mol. The second kappa shape index (κ2) is 7.83. The molecular weight excluding hydrogens is 268 g/mol. The van der Waals surface area contributed by atoms with Gasteiger partial charge in [-0.1, -0.05) is 11.8 Å². The highest BCUT2D eigenvalue weighted by atomic mass is 32.2. The normalized spacial score (nSPS) is 10.3. The summed E-state index contributed by atoms with van der Waals surface area (Å²) >= 11 is 1.17. The fourth-order valence-corrected chi connectivity index (χ4v) is 2.12. The molecule has 0 bridgehead atoms. The minimum atomic E-state index is -0.520. The molecule has 0 aliphatic rings. The number of aromatic nitrogens is 1. The van der Waals surface area contributed by atoms with Crippen molar-refractivity contribution in [2.45, 2.75) is 26.0 Å². The third-order valence-corrected chi connectivity index (χ3v) is 3.23. The van der Waals surface area contributed by atoms with Crippen LogP contribution in [0.5, 0.6) is 0 Å². The minimum Gasteiger partial charge on any atom is -0.461 e. The summed E-state index contributed by atoms with van der Waals surface area (Å²) in [4.78, 5) is 28.8. The first kappa shape index (κ1) is 15.6. The van der Waals surface area contributed by atoms with E-state index in [9.17, 15) is 9.59 Å². The van der Waals surface area contributed by atoms with E-state index < -0.39 is 5.97 Å². The van der Waals surface area contributed by atoms with E-state index in [1.54, 1.807) is 11.8 Å². The maximum absolute atomic E-state index is 11.8. The molecule has 0 saturated heterocycles. The summed E-state index contributed by atoms with van der Waals surface area (Å²) in [5.74, 6) is -0.260. The third kappa shape index (κ3) is 4.59. The molecule has 1 heterocycles. The molecule has 0 spiro atoms. The number of amides is 1. The lowest BCUT2D eigenvalue weighted by molar-refractivity contribution is -0.127. The van der Waals surface area contributed by atoms with Crippen molar-refractivity contribution in [1.29, 1.82) is 0 Å². The molecule has 0 atom stereocenters. The Bertz CT molecular complexity index is 429. The average Bonchev–Trinajstić information content (AvgIpc) is 2.87. The summed E-state index contributed by atoms with van der Waals surface area (Å²) in [7, 11) is 0. The first-order chi connectivity index (χ1) is 9.12. The van der Waals surface area contributed by atoms with Gasteiger partial charge in [0.05, 0.1) is 12.4 Å². The number of rotatable bonds is 7. The molecular formula is C12H18N2O4S. The van der Waals surface area contributed by atoms with Crippen LogP contribution >= 0.6 is 11.8 Å². The number of hydrogen-bond acceptors (Lipinski definition) is 6. The van der Waals surface area contributed by atoms with Gasteiger partial charge in [-0.3, -0.25) is 4.79 Å². The number of ether oxygens (including phenoxy) is 1. The van der Waals surface area contributed by atoms with E-state index >= 15 is 0 Å².